The number of carbonyl (C=O) groups is 3. The maximum atomic E-state index is 12.0. The van der Waals surface area contributed by atoms with Gasteiger partial charge in [0.05, 0.1) is 0 Å². The molecule has 1 fully saturated rings. The lowest BCUT2D eigenvalue weighted by molar-refractivity contribution is 0.173. The number of nitrogens with zero attached hydrogens (tertiary/aromatic N) is 4. The largest absolute Gasteiger partial charge is 0.331 e. The van der Waals surface area contributed by atoms with Crippen LogP contribution in [-0.4, -0.2) is 92.3 Å². The third kappa shape index (κ3) is 3.03. The summed E-state index contributed by atoms with van der Waals surface area (Å²) < 4.78 is 0. The zero-order chi connectivity index (χ0) is 15.6. The smallest absolute Gasteiger partial charge is 0.323 e. The molecule has 0 aromatic rings. The minimum Gasteiger partial charge on any atom is -0.331 e. The molecule has 114 valence electrons. The minimum atomic E-state index is -0.633. The van der Waals surface area contributed by atoms with Crippen molar-refractivity contribution >= 4 is 18.1 Å². The number of likely N-dealkylation sites (N-methyl/N-ethyl adjacent to an activating group) is 2. The average molecular weight is 286 g/mol. The molecule has 9 heteroatoms. The Labute approximate surface area is 118 Å². The third-order valence-electron chi connectivity index (χ3n) is 3.09. The molecule has 0 saturated carbocycles. The summed E-state index contributed by atoms with van der Waals surface area (Å²) in [5.41, 5.74) is 0. The van der Waals surface area contributed by atoms with Crippen LogP contribution in [-0.2, 0) is 0 Å². The van der Waals surface area contributed by atoms with E-state index in [4.69, 9.17) is 0 Å². The van der Waals surface area contributed by atoms with Gasteiger partial charge in [-0.2, -0.15) is 0 Å². The summed E-state index contributed by atoms with van der Waals surface area (Å²) in [6.45, 7) is 0. The molecule has 9 nitrogen and oxygen atoms in total. The highest BCUT2D eigenvalue weighted by Crippen LogP contribution is 2.16. The van der Waals surface area contributed by atoms with E-state index in [0.29, 0.717) is 0 Å². The predicted molar refractivity (Wildman–Crippen MR) is 72.9 cm³/mol. The van der Waals surface area contributed by atoms with E-state index in [-0.39, 0.29) is 18.1 Å². The molecule has 1 rings (SSSR count). The normalized spacial score (nSPS) is 21.8. The highest BCUT2D eigenvalue weighted by molar-refractivity contribution is 5.82. The van der Waals surface area contributed by atoms with Gasteiger partial charge in [0.25, 0.3) is 0 Å². The van der Waals surface area contributed by atoms with Gasteiger partial charge in [-0.15, -0.1) is 0 Å². The number of amides is 6. The Morgan fingerprint density at radius 3 is 1.45 bits per heavy atom. The summed E-state index contributed by atoms with van der Waals surface area (Å²) in [5.74, 6) is 0. The van der Waals surface area contributed by atoms with Crippen molar-refractivity contribution in [1.29, 1.82) is 0 Å². The van der Waals surface area contributed by atoms with Gasteiger partial charge >= 0.3 is 18.1 Å². The lowest BCUT2D eigenvalue weighted by atomic mass is 10.3. The van der Waals surface area contributed by atoms with Crippen molar-refractivity contribution in [2.45, 2.75) is 12.3 Å². The van der Waals surface area contributed by atoms with E-state index in [2.05, 4.69) is 10.6 Å². The molecule has 1 saturated heterocycles. The number of hydrogen-bond donors (Lipinski definition) is 2. The predicted octanol–water partition coefficient (Wildman–Crippen LogP) is -0.822. The summed E-state index contributed by atoms with van der Waals surface area (Å²) in [7, 11) is 9.54. The van der Waals surface area contributed by atoms with E-state index in [0.717, 1.165) is 0 Å². The molecule has 0 radical (unpaired) electrons. The number of hydrogen-bond acceptors (Lipinski definition) is 3. The first kappa shape index (κ1) is 15.9. The van der Waals surface area contributed by atoms with Crippen LogP contribution in [0, 0.1) is 0 Å². The van der Waals surface area contributed by atoms with Crippen molar-refractivity contribution in [2.75, 3.05) is 42.3 Å². The topological polar surface area (TPSA) is 88.2 Å². The molecule has 20 heavy (non-hydrogen) atoms. The minimum absolute atomic E-state index is 0.280. The molecule has 1 aliphatic heterocycles. The summed E-state index contributed by atoms with van der Waals surface area (Å²) in [6, 6.07) is -0.957. The molecular formula is C11H22N6O3. The lowest BCUT2D eigenvalue weighted by Gasteiger charge is -2.28. The maximum Gasteiger partial charge on any atom is 0.323 e. The Balaban J connectivity index is 2.89. The first-order valence-electron chi connectivity index (χ1n) is 6.12. The Morgan fingerprint density at radius 1 is 0.900 bits per heavy atom. The highest BCUT2D eigenvalue weighted by Gasteiger charge is 2.43. The summed E-state index contributed by atoms with van der Waals surface area (Å²) in [4.78, 5) is 40.9. The van der Waals surface area contributed by atoms with Crippen molar-refractivity contribution in [2.24, 2.45) is 0 Å². The van der Waals surface area contributed by atoms with Crippen LogP contribution < -0.4 is 10.6 Å². The van der Waals surface area contributed by atoms with E-state index in [1.807, 2.05) is 0 Å². The van der Waals surface area contributed by atoms with Crippen LogP contribution >= 0.6 is 0 Å². The first-order valence-corrected chi connectivity index (χ1v) is 6.12. The van der Waals surface area contributed by atoms with Gasteiger partial charge in [0.2, 0.25) is 0 Å². The molecular weight excluding hydrogens is 264 g/mol. The molecule has 0 bridgehead atoms. The fraction of sp³-hybridized carbons (Fsp3) is 0.727. The van der Waals surface area contributed by atoms with Crippen LogP contribution in [0.2, 0.25) is 0 Å². The molecule has 1 heterocycles. The van der Waals surface area contributed by atoms with Gasteiger partial charge in [0, 0.05) is 42.3 Å². The highest BCUT2D eigenvalue weighted by atomic mass is 16.2. The molecule has 0 spiro atoms. The first-order chi connectivity index (χ1) is 9.16. The molecule has 0 aromatic heterocycles. The van der Waals surface area contributed by atoms with E-state index < -0.39 is 12.3 Å². The second-order valence-corrected chi connectivity index (χ2v) is 5.08. The molecule has 0 aromatic carbocycles. The summed E-state index contributed by atoms with van der Waals surface area (Å²) in [5, 5.41) is 5.40. The van der Waals surface area contributed by atoms with Crippen LogP contribution in [0.4, 0.5) is 14.4 Å². The quantitative estimate of drug-likeness (QED) is 0.695. The van der Waals surface area contributed by atoms with Crippen molar-refractivity contribution in [3.8, 4) is 0 Å². The Hall–Kier alpha value is -2.19. The molecule has 0 unspecified atom stereocenters. The van der Waals surface area contributed by atoms with Crippen molar-refractivity contribution < 1.29 is 14.4 Å². The molecule has 6 amide bonds. The number of carbonyl (C=O) groups excluding carboxylic acids is 3. The Bertz CT molecular complexity index is 375. The molecule has 1 aliphatic rings. The molecule has 0 aliphatic carbocycles. The second kappa shape index (κ2) is 5.85. The van der Waals surface area contributed by atoms with Crippen molar-refractivity contribution in [3.63, 3.8) is 0 Å². The lowest BCUT2D eigenvalue weighted by Crippen LogP contribution is -2.59. The van der Waals surface area contributed by atoms with Crippen molar-refractivity contribution in [3.05, 3.63) is 0 Å². The van der Waals surface area contributed by atoms with Gasteiger partial charge in [-0.3, -0.25) is 0 Å². The van der Waals surface area contributed by atoms with Gasteiger partial charge in [0.15, 0.2) is 0 Å². The molecule has 2 N–H and O–H groups in total. The van der Waals surface area contributed by atoms with E-state index >= 15 is 0 Å². The maximum absolute atomic E-state index is 12.0. The molecule has 2 atom stereocenters. The van der Waals surface area contributed by atoms with E-state index in [9.17, 15) is 14.4 Å². The zero-order valence-corrected chi connectivity index (χ0v) is 12.7. The standard InChI is InChI=1S/C11H22N6O3/c1-14(2)9(18)12-7-8(13-10(19)15(3)4)17(6)11(20)16(7)5/h7-8H,1-6H3,(H,12,18)(H,13,19)/t7-,8+. The van der Waals surface area contributed by atoms with Crippen molar-refractivity contribution in [1.82, 2.24) is 30.2 Å². The monoisotopic (exact) mass is 286 g/mol. The third-order valence-corrected chi connectivity index (χ3v) is 3.09. The van der Waals surface area contributed by atoms with Crippen LogP contribution in [0.3, 0.4) is 0 Å². The zero-order valence-electron chi connectivity index (χ0n) is 12.7. The average Bonchev–Trinajstić information content (AvgIpc) is 2.56. The summed E-state index contributed by atoms with van der Waals surface area (Å²) in [6.07, 6.45) is -1.27. The van der Waals surface area contributed by atoms with Crippen LogP contribution in [0.15, 0.2) is 0 Å². The summed E-state index contributed by atoms with van der Waals surface area (Å²) >= 11 is 0. The van der Waals surface area contributed by atoms with E-state index in [1.54, 1.807) is 42.3 Å². The number of nitrogens with one attached hydrogen (secondary N) is 2. The van der Waals surface area contributed by atoms with Gasteiger partial charge in [-0.25, -0.2) is 14.4 Å². The number of rotatable bonds is 2. The fourth-order valence-electron chi connectivity index (χ4n) is 1.77. The Morgan fingerprint density at radius 2 is 1.20 bits per heavy atom. The number of urea groups is 3. The van der Waals surface area contributed by atoms with Crippen LogP contribution in [0.25, 0.3) is 0 Å². The van der Waals surface area contributed by atoms with Gasteiger partial charge in [-0.05, 0) is 0 Å². The van der Waals surface area contributed by atoms with E-state index in [1.165, 1.54) is 19.6 Å². The van der Waals surface area contributed by atoms with Crippen LogP contribution in [0.5, 0.6) is 0 Å². The van der Waals surface area contributed by atoms with Gasteiger partial charge in [-0.1, -0.05) is 0 Å². The van der Waals surface area contributed by atoms with Gasteiger partial charge < -0.3 is 30.2 Å². The van der Waals surface area contributed by atoms with Gasteiger partial charge in [0.1, 0.15) is 12.3 Å². The SMILES string of the molecule is CN(C)C(=O)N[C@@H]1[C@H](NC(=O)N(C)C)N(C)C(=O)N1C. The fourth-order valence-corrected chi connectivity index (χ4v) is 1.77. The van der Waals surface area contributed by atoms with Crippen LogP contribution in [0.1, 0.15) is 0 Å². The second-order valence-electron chi connectivity index (χ2n) is 5.08. The Kier molecular flexibility index (Phi) is 4.64.